The van der Waals surface area contributed by atoms with E-state index in [4.69, 9.17) is 9.47 Å². The van der Waals surface area contributed by atoms with E-state index in [2.05, 4.69) is 22.9 Å². The van der Waals surface area contributed by atoms with Gasteiger partial charge in [-0.2, -0.15) is 0 Å². The molecule has 0 aromatic carbocycles. The number of carbonyl (C=O) groups excluding carboxylic acids is 1. The number of hydrogen-bond acceptors (Lipinski definition) is 3. The van der Waals surface area contributed by atoms with E-state index in [9.17, 15) is 4.79 Å². The summed E-state index contributed by atoms with van der Waals surface area (Å²) in [5.41, 5.74) is -0.436. The Morgan fingerprint density at radius 2 is 1.86 bits per heavy atom. The van der Waals surface area contributed by atoms with E-state index < -0.39 is 5.60 Å². The number of halogens is 1. The molecule has 1 saturated carbocycles. The zero-order chi connectivity index (χ0) is 16.8. The molecular formula is C17H32BrNO3. The lowest BCUT2D eigenvalue weighted by Crippen LogP contribution is -2.43. The van der Waals surface area contributed by atoms with Gasteiger partial charge in [0.1, 0.15) is 10.6 Å². The van der Waals surface area contributed by atoms with Crippen LogP contribution < -0.4 is 0 Å². The van der Waals surface area contributed by atoms with Crippen molar-refractivity contribution in [1.29, 1.82) is 0 Å². The van der Waals surface area contributed by atoms with Crippen molar-refractivity contribution in [2.24, 2.45) is 0 Å². The van der Waals surface area contributed by atoms with Gasteiger partial charge in [0.2, 0.25) is 0 Å². The second-order valence-electron chi connectivity index (χ2n) is 7.21. The third-order valence-electron chi connectivity index (χ3n) is 4.00. The summed E-state index contributed by atoms with van der Waals surface area (Å²) in [6.07, 6.45) is 7.50. The molecule has 0 heterocycles. The van der Waals surface area contributed by atoms with Gasteiger partial charge in [-0.3, -0.25) is 0 Å². The first-order chi connectivity index (χ1) is 10.2. The molecule has 0 N–H and O–H groups in total. The van der Waals surface area contributed by atoms with Crippen LogP contribution >= 0.6 is 15.9 Å². The maximum atomic E-state index is 12.1. The van der Waals surface area contributed by atoms with Crippen molar-refractivity contribution in [2.45, 2.75) is 95.4 Å². The van der Waals surface area contributed by atoms with Crippen LogP contribution in [0.5, 0.6) is 0 Å². The van der Waals surface area contributed by atoms with Crippen LogP contribution in [0.4, 0.5) is 4.79 Å². The number of unbranched alkanes of at least 4 members (excludes halogenated alkanes) is 1. The maximum Gasteiger partial charge on any atom is 0.410 e. The van der Waals surface area contributed by atoms with Crippen molar-refractivity contribution in [1.82, 2.24) is 4.90 Å². The molecule has 0 saturated heterocycles. The molecule has 130 valence electrons. The quantitative estimate of drug-likeness (QED) is 0.604. The predicted molar refractivity (Wildman–Crippen MR) is 93.4 cm³/mol. The maximum absolute atomic E-state index is 12.1. The lowest BCUT2D eigenvalue weighted by atomic mass is 9.92. The summed E-state index contributed by atoms with van der Waals surface area (Å²) in [6, 6.07) is 0.263. The largest absolute Gasteiger partial charge is 0.444 e. The minimum Gasteiger partial charge on any atom is -0.444 e. The zero-order valence-electron chi connectivity index (χ0n) is 14.7. The van der Waals surface area contributed by atoms with Crippen molar-refractivity contribution >= 4 is 22.0 Å². The van der Waals surface area contributed by atoms with Gasteiger partial charge in [-0.05, 0) is 52.9 Å². The van der Waals surface area contributed by atoms with Crippen LogP contribution in [-0.2, 0) is 9.47 Å². The predicted octanol–water partition coefficient (Wildman–Crippen LogP) is 5.09. The lowest BCUT2D eigenvalue weighted by Gasteiger charge is -2.36. The number of amides is 1. The smallest absolute Gasteiger partial charge is 0.410 e. The normalized spacial score (nSPS) is 23.9. The van der Waals surface area contributed by atoms with Gasteiger partial charge in [-0.25, -0.2) is 4.79 Å². The topological polar surface area (TPSA) is 38.8 Å². The summed E-state index contributed by atoms with van der Waals surface area (Å²) in [7, 11) is 1.84. The molecular weight excluding hydrogens is 346 g/mol. The molecule has 1 unspecified atom stereocenters. The number of carbonyl (C=O) groups is 1. The summed E-state index contributed by atoms with van der Waals surface area (Å²) in [5, 5.41) is 0.164. The van der Waals surface area contributed by atoms with Crippen LogP contribution in [0, 0.1) is 0 Å². The molecule has 1 atom stereocenters. The Morgan fingerprint density at radius 3 is 2.36 bits per heavy atom. The molecule has 22 heavy (non-hydrogen) atoms. The van der Waals surface area contributed by atoms with Crippen LogP contribution in [0.1, 0.15) is 72.6 Å². The van der Waals surface area contributed by atoms with Crippen LogP contribution in [0.2, 0.25) is 0 Å². The second-order valence-corrected chi connectivity index (χ2v) is 8.23. The summed E-state index contributed by atoms with van der Waals surface area (Å²) >= 11 is 3.61. The van der Waals surface area contributed by atoms with Gasteiger partial charge in [0.15, 0.2) is 0 Å². The van der Waals surface area contributed by atoms with Crippen molar-refractivity contribution in [3.05, 3.63) is 0 Å². The van der Waals surface area contributed by atoms with E-state index >= 15 is 0 Å². The summed E-state index contributed by atoms with van der Waals surface area (Å²) in [5.74, 6) is 0. The SMILES string of the molecule is CCCCC(Br)OC1CCC(N(C)C(=O)OC(C)(C)C)CC1. The van der Waals surface area contributed by atoms with Gasteiger partial charge in [-0.1, -0.05) is 35.7 Å². The van der Waals surface area contributed by atoms with Crippen molar-refractivity contribution < 1.29 is 14.3 Å². The van der Waals surface area contributed by atoms with Crippen LogP contribution in [0.15, 0.2) is 0 Å². The molecule has 0 radical (unpaired) electrons. The Balaban J connectivity index is 2.33. The molecule has 1 rings (SSSR count). The number of alkyl halides is 1. The first-order valence-electron chi connectivity index (χ1n) is 8.48. The van der Waals surface area contributed by atoms with Crippen LogP contribution in [-0.4, -0.2) is 40.8 Å². The van der Waals surface area contributed by atoms with Gasteiger partial charge in [0.05, 0.1) is 6.10 Å². The number of ether oxygens (including phenoxy) is 2. The molecule has 0 aromatic rings. The van der Waals surface area contributed by atoms with Gasteiger partial charge >= 0.3 is 6.09 Å². The first kappa shape index (κ1) is 19.8. The zero-order valence-corrected chi connectivity index (χ0v) is 16.3. The Bertz CT molecular complexity index is 335. The Hall–Kier alpha value is -0.290. The average Bonchev–Trinajstić information content (AvgIpc) is 2.43. The third-order valence-corrected chi connectivity index (χ3v) is 4.67. The molecule has 0 aliphatic heterocycles. The fraction of sp³-hybridized carbons (Fsp3) is 0.941. The number of nitrogens with zero attached hydrogens (tertiary/aromatic N) is 1. The van der Waals surface area contributed by atoms with Crippen molar-refractivity contribution in [3.63, 3.8) is 0 Å². The fourth-order valence-electron chi connectivity index (χ4n) is 2.69. The fourth-order valence-corrected chi connectivity index (χ4v) is 3.32. The molecule has 5 heteroatoms. The highest BCUT2D eigenvalue weighted by Crippen LogP contribution is 2.28. The van der Waals surface area contributed by atoms with Gasteiger partial charge < -0.3 is 14.4 Å². The first-order valence-corrected chi connectivity index (χ1v) is 9.40. The van der Waals surface area contributed by atoms with Gasteiger partial charge in [0, 0.05) is 13.1 Å². The summed E-state index contributed by atoms with van der Waals surface area (Å²) in [4.78, 5) is 13.9. The molecule has 0 spiro atoms. The Morgan fingerprint density at radius 1 is 1.27 bits per heavy atom. The second kappa shape index (κ2) is 9.11. The summed E-state index contributed by atoms with van der Waals surface area (Å²) < 4.78 is 11.5. The molecule has 0 aromatic heterocycles. The van der Waals surface area contributed by atoms with E-state index in [-0.39, 0.29) is 17.1 Å². The molecule has 0 bridgehead atoms. The molecule has 4 nitrogen and oxygen atoms in total. The van der Waals surface area contributed by atoms with E-state index in [1.165, 1.54) is 12.8 Å². The van der Waals surface area contributed by atoms with Crippen molar-refractivity contribution in [3.8, 4) is 0 Å². The van der Waals surface area contributed by atoms with E-state index in [1.807, 2.05) is 27.8 Å². The summed E-state index contributed by atoms with van der Waals surface area (Å²) in [6.45, 7) is 7.89. The Kier molecular flexibility index (Phi) is 8.19. The van der Waals surface area contributed by atoms with E-state index in [0.29, 0.717) is 6.10 Å². The lowest BCUT2D eigenvalue weighted by molar-refractivity contribution is -0.0132. The highest BCUT2D eigenvalue weighted by molar-refractivity contribution is 9.09. The molecule has 1 aliphatic carbocycles. The highest BCUT2D eigenvalue weighted by atomic mass is 79.9. The molecule has 1 aliphatic rings. The average molecular weight is 378 g/mol. The van der Waals surface area contributed by atoms with Crippen molar-refractivity contribution in [2.75, 3.05) is 7.05 Å². The third kappa shape index (κ3) is 7.32. The van der Waals surface area contributed by atoms with E-state index in [0.717, 1.165) is 32.1 Å². The molecule has 1 fully saturated rings. The van der Waals surface area contributed by atoms with Crippen LogP contribution in [0.3, 0.4) is 0 Å². The minimum absolute atomic E-state index is 0.164. The number of rotatable bonds is 6. The Labute approximate surface area is 144 Å². The van der Waals surface area contributed by atoms with Gasteiger partial charge in [-0.15, -0.1) is 0 Å². The van der Waals surface area contributed by atoms with Crippen LogP contribution in [0.25, 0.3) is 0 Å². The van der Waals surface area contributed by atoms with Gasteiger partial charge in [0.25, 0.3) is 0 Å². The standard InChI is InChI=1S/C17H32BrNO3/c1-6-7-8-15(18)21-14-11-9-13(10-12-14)19(5)16(20)22-17(2,3)4/h13-15H,6-12H2,1-5H3. The number of hydrogen-bond donors (Lipinski definition) is 0. The molecule has 1 amide bonds. The minimum atomic E-state index is -0.436. The highest BCUT2D eigenvalue weighted by Gasteiger charge is 2.30. The monoisotopic (exact) mass is 377 g/mol. The van der Waals surface area contributed by atoms with E-state index in [1.54, 1.807) is 4.90 Å².